The lowest BCUT2D eigenvalue weighted by molar-refractivity contribution is 0.297. The summed E-state index contributed by atoms with van der Waals surface area (Å²) in [5.74, 6) is -0.321. The normalized spacial score (nSPS) is 10.0. The van der Waals surface area contributed by atoms with Gasteiger partial charge in [-0.05, 0) is 42.8 Å². The predicted molar refractivity (Wildman–Crippen MR) is 66.6 cm³/mol. The highest BCUT2D eigenvalue weighted by molar-refractivity contribution is 5.35. The number of benzene rings is 2. The summed E-state index contributed by atoms with van der Waals surface area (Å²) >= 11 is 0. The Kier molecular flexibility index (Phi) is 3.76. The molecule has 0 unspecified atom stereocenters. The molecule has 0 aliphatic heterocycles. The monoisotopic (exact) mass is 259 g/mol. The first-order chi connectivity index (χ1) is 9.10. The maximum atomic E-state index is 13.6. The molecule has 96 valence electrons. The first-order valence-electron chi connectivity index (χ1n) is 5.67. The summed E-state index contributed by atoms with van der Waals surface area (Å²) in [7, 11) is 0. The number of halogens is 2. The number of nitriles is 1. The zero-order valence-corrected chi connectivity index (χ0v) is 10.3. The quantitative estimate of drug-likeness (QED) is 0.841. The van der Waals surface area contributed by atoms with Gasteiger partial charge in [0.15, 0.2) is 0 Å². The van der Waals surface area contributed by atoms with Crippen LogP contribution >= 0.6 is 0 Å². The first-order valence-corrected chi connectivity index (χ1v) is 5.67. The van der Waals surface area contributed by atoms with Gasteiger partial charge in [-0.15, -0.1) is 0 Å². The van der Waals surface area contributed by atoms with E-state index in [1.54, 1.807) is 6.92 Å². The van der Waals surface area contributed by atoms with Crippen molar-refractivity contribution in [1.29, 1.82) is 5.26 Å². The zero-order valence-electron chi connectivity index (χ0n) is 10.3. The summed E-state index contributed by atoms with van der Waals surface area (Å²) in [5.41, 5.74) is 1.26. The molecule has 0 radical (unpaired) electrons. The van der Waals surface area contributed by atoms with Gasteiger partial charge in [-0.2, -0.15) is 5.26 Å². The van der Waals surface area contributed by atoms with Crippen molar-refractivity contribution in [2.45, 2.75) is 13.5 Å². The average Bonchev–Trinajstić information content (AvgIpc) is 2.39. The highest BCUT2D eigenvalue weighted by Gasteiger charge is 2.06. The fourth-order valence-corrected chi connectivity index (χ4v) is 1.66. The summed E-state index contributed by atoms with van der Waals surface area (Å²) in [4.78, 5) is 0. The molecular formula is C15H11F2NO. The van der Waals surface area contributed by atoms with Crippen molar-refractivity contribution >= 4 is 0 Å². The SMILES string of the molecule is Cc1cc(F)ccc1OCc1ccc(C#N)cc1F. The van der Waals surface area contributed by atoms with Crippen molar-refractivity contribution in [2.75, 3.05) is 0 Å². The molecule has 0 aromatic heterocycles. The Balaban J connectivity index is 2.13. The fraction of sp³-hybridized carbons (Fsp3) is 0.133. The van der Waals surface area contributed by atoms with Crippen LogP contribution in [0.2, 0.25) is 0 Å². The van der Waals surface area contributed by atoms with Gasteiger partial charge in [0, 0.05) is 5.56 Å². The third kappa shape index (κ3) is 3.08. The van der Waals surface area contributed by atoms with Crippen LogP contribution in [0.3, 0.4) is 0 Å². The van der Waals surface area contributed by atoms with E-state index in [4.69, 9.17) is 10.00 Å². The molecular weight excluding hydrogens is 248 g/mol. The highest BCUT2D eigenvalue weighted by atomic mass is 19.1. The van der Waals surface area contributed by atoms with Gasteiger partial charge in [0.2, 0.25) is 0 Å². The number of ether oxygens (including phenoxy) is 1. The minimum Gasteiger partial charge on any atom is -0.489 e. The Morgan fingerprint density at radius 1 is 1.16 bits per heavy atom. The van der Waals surface area contributed by atoms with Crippen molar-refractivity contribution in [3.05, 3.63) is 64.7 Å². The number of rotatable bonds is 3. The molecule has 2 nitrogen and oxygen atoms in total. The van der Waals surface area contributed by atoms with Crippen LogP contribution in [0, 0.1) is 29.9 Å². The maximum absolute atomic E-state index is 13.6. The minimum absolute atomic E-state index is 0.0318. The van der Waals surface area contributed by atoms with Crippen molar-refractivity contribution < 1.29 is 13.5 Å². The molecule has 0 saturated carbocycles. The van der Waals surface area contributed by atoms with E-state index < -0.39 is 5.82 Å². The van der Waals surface area contributed by atoms with Crippen molar-refractivity contribution in [3.63, 3.8) is 0 Å². The van der Waals surface area contributed by atoms with Gasteiger partial charge in [0.05, 0.1) is 11.6 Å². The van der Waals surface area contributed by atoms with E-state index in [9.17, 15) is 8.78 Å². The average molecular weight is 259 g/mol. The number of aryl methyl sites for hydroxylation is 1. The largest absolute Gasteiger partial charge is 0.489 e. The molecule has 2 rings (SSSR count). The molecule has 0 spiro atoms. The molecule has 2 aromatic rings. The van der Waals surface area contributed by atoms with Crippen LogP contribution in [0.15, 0.2) is 36.4 Å². The van der Waals surface area contributed by atoms with Gasteiger partial charge >= 0.3 is 0 Å². The van der Waals surface area contributed by atoms with E-state index in [-0.39, 0.29) is 18.0 Å². The lowest BCUT2D eigenvalue weighted by Gasteiger charge is -2.09. The highest BCUT2D eigenvalue weighted by Crippen LogP contribution is 2.20. The molecule has 0 bridgehead atoms. The number of hydrogen-bond donors (Lipinski definition) is 0. The molecule has 0 heterocycles. The molecule has 0 atom stereocenters. The lowest BCUT2D eigenvalue weighted by atomic mass is 10.1. The molecule has 0 aliphatic rings. The fourth-order valence-electron chi connectivity index (χ4n) is 1.66. The second kappa shape index (κ2) is 5.49. The summed E-state index contributed by atoms with van der Waals surface area (Å²) in [5, 5.41) is 8.64. The Labute approximate surface area is 109 Å². The molecule has 0 amide bonds. The van der Waals surface area contributed by atoms with E-state index in [1.807, 2.05) is 6.07 Å². The van der Waals surface area contributed by atoms with Crippen LogP contribution in [-0.2, 0) is 6.61 Å². The Hall–Kier alpha value is -2.41. The van der Waals surface area contributed by atoms with E-state index in [1.165, 1.54) is 30.3 Å². The van der Waals surface area contributed by atoms with E-state index in [0.717, 1.165) is 6.07 Å². The summed E-state index contributed by atoms with van der Waals surface area (Å²) < 4.78 is 32.0. The molecule has 0 fully saturated rings. The van der Waals surface area contributed by atoms with Gasteiger partial charge in [-0.3, -0.25) is 0 Å². The van der Waals surface area contributed by atoms with Gasteiger partial charge in [0.1, 0.15) is 24.0 Å². The summed E-state index contributed by atoms with van der Waals surface area (Å²) in [6, 6.07) is 10.2. The molecule has 0 aliphatic carbocycles. The second-order valence-corrected chi connectivity index (χ2v) is 4.12. The van der Waals surface area contributed by atoms with Crippen LogP contribution in [0.4, 0.5) is 8.78 Å². The van der Waals surface area contributed by atoms with E-state index in [0.29, 0.717) is 16.9 Å². The minimum atomic E-state index is -0.487. The van der Waals surface area contributed by atoms with Crippen LogP contribution in [0.5, 0.6) is 5.75 Å². The van der Waals surface area contributed by atoms with E-state index in [2.05, 4.69) is 0 Å². The van der Waals surface area contributed by atoms with Gasteiger partial charge in [-0.25, -0.2) is 8.78 Å². The van der Waals surface area contributed by atoms with Crippen LogP contribution < -0.4 is 4.74 Å². The smallest absolute Gasteiger partial charge is 0.131 e. The summed E-state index contributed by atoms with van der Waals surface area (Å²) in [6.07, 6.45) is 0. The van der Waals surface area contributed by atoms with Crippen LogP contribution in [0.25, 0.3) is 0 Å². The maximum Gasteiger partial charge on any atom is 0.131 e. The molecule has 0 saturated heterocycles. The lowest BCUT2D eigenvalue weighted by Crippen LogP contribution is -2.00. The third-order valence-corrected chi connectivity index (χ3v) is 2.70. The number of nitrogens with zero attached hydrogens (tertiary/aromatic N) is 1. The molecule has 0 N–H and O–H groups in total. The predicted octanol–water partition coefficient (Wildman–Crippen LogP) is 3.72. The molecule has 4 heteroatoms. The Morgan fingerprint density at radius 2 is 1.95 bits per heavy atom. The van der Waals surface area contributed by atoms with Crippen molar-refractivity contribution in [3.8, 4) is 11.8 Å². The third-order valence-electron chi connectivity index (χ3n) is 2.70. The Morgan fingerprint density at radius 3 is 2.58 bits per heavy atom. The Bertz CT molecular complexity index is 647. The first kappa shape index (κ1) is 13.0. The van der Waals surface area contributed by atoms with Crippen molar-refractivity contribution in [2.24, 2.45) is 0 Å². The molecule has 2 aromatic carbocycles. The summed E-state index contributed by atoms with van der Waals surface area (Å²) in [6.45, 7) is 1.75. The molecule has 19 heavy (non-hydrogen) atoms. The topological polar surface area (TPSA) is 33.0 Å². The van der Waals surface area contributed by atoms with Gasteiger partial charge < -0.3 is 4.74 Å². The zero-order chi connectivity index (χ0) is 13.8. The van der Waals surface area contributed by atoms with Crippen LogP contribution in [-0.4, -0.2) is 0 Å². The van der Waals surface area contributed by atoms with E-state index >= 15 is 0 Å². The van der Waals surface area contributed by atoms with Gasteiger partial charge in [-0.1, -0.05) is 6.07 Å². The standard InChI is InChI=1S/C15H11F2NO/c1-10-6-13(16)4-5-15(10)19-9-12-3-2-11(8-18)7-14(12)17/h2-7H,9H2,1H3. The van der Waals surface area contributed by atoms with Crippen LogP contribution in [0.1, 0.15) is 16.7 Å². The van der Waals surface area contributed by atoms with Crippen molar-refractivity contribution in [1.82, 2.24) is 0 Å². The van der Waals surface area contributed by atoms with Gasteiger partial charge in [0.25, 0.3) is 0 Å². The second-order valence-electron chi connectivity index (χ2n) is 4.12. The number of hydrogen-bond acceptors (Lipinski definition) is 2.